The second-order valence-corrected chi connectivity index (χ2v) is 6.69. The van der Waals surface area contributed by atoms with Gasteiger partial charge in [0, 0.05) is 26.4 Å². The van der Waals surface area contributed by atoms with E-state index < -0.39 is 0 Å². The molecule has 0 spiro atoms. The lowest BCUT2D eigenvalue weighted by molar-refractivity contribution is 0.982. The van der Waals surface area contributed by atoms with Crippen molar-refractivity contribution in [2.24, 2.45) is 5.73 Å². The third-order valence-electron chi connectivity index (χ3n) is 3.86. The van der Waals surface area contributed by atoms with Crippen LogP contribution in [0.2, 0.25) is 0 Å². The molecule has 0 saturated carbocycles. The maximum Gasteiger partial charge on any atom is 0.232 e. The highest BCUT2D eigenvalue weighted by Crippen LogP contribution is 2.38. The maximum absolute atomic E-state index is 9.61. The zero-order valence-electron chi connectivity index (χ0n) is 14.7. The van der Waals surface area contributed by atoms with Crippen LogP contribution >= 0.6 is 11.8 Å². The van der Waals surface area contributed by atoms with Gasteiger partial charge in [-0.1, -0.05) is 31.2 Å². The molecule has 0 saturated heterocycles. The molecule has 0 unspecified atom stereocenters. The maximum atomic E-state index is 9.61. The van der Waals surface area contributed by atoms with Gasteiger partial charge in [-0.15, -0.1) is 11.8 Å². The van der Waals surface area contributed by atoms with Gasteiger partial charge in [-0.2, -0.15) is 5.26 Å². The quantitative estimate of drug-likeness (QED) is 0.632. The van der Waals surface area contributed by atoms with E-state index in [1.165, 1.54) is 11.8 Å². The summed E-state index contributed by atoms with van der Waals surface area (Å²) in [4.78, 5) is 10.1. The van der Waals surface area contributed by atoms with E-state index in [1.54, 1.807) is 0 Å². The fraction of sp³-hybridized carbons (Fsp3) is 0.316. The van der Waals surface area contributed by atoms with Crippen molar-refractivity contribution in [3.05, 3.63) is 57.9 Å². The van der Waals surface area contributed by atoms with Gasteiger partial charge in [-0.3, -0.25) is 0 Å². The number of aromatic nitrogens is 1. The van der Waals surface area contributed by atoms with Gasteiger partial charge in [0.05, 0.1) is 12.1 Å². The Morgan fingerprint density at radius 2 is 1.92 bits per heavy atom. The summed E-state index contributed by atoms with van der Waals surface area (Å²) in [5, 5.41) is 10.3. The number of nitriles is 1. The topological polar surface area (TPSA) is 70.3 Å². The Hall–Kier alpha value is -2.54. The van der Waals surface area contributed by atoms with Crippen molar-refractivity contribution >= 4 is 23.3 Å². The summed E-state index contributed by atoms with van der Waals surface area (Å²) >= 11 is 1.52. The van der Waals surface area contributed by atoms with Crippen molar-refractivity contribution in [3.8, 4) is 6.07 Å². The summed E-state index contributed by atoms with van der Waals surface area (Å²) in [6.07, 6.45) is 0.628. The van der Waals surface area contributed by atoms with Crippen molar-refractivity contribution in [2.75, 3.05) is 19.0 Å². The number of hydrogen-bond donors (Lipinski definition) is 1. The highest BCUT2D eigenvalue weighted by atomic mass is 32.2. The monoisotopic (exact) mass is 351 g/mol. The smallest absolute Gasteiger partial charge is 0.232 e. The minimum Gasteiger partial charge on any atom is -0.371 e. The van der Waals surface area contributed by atoms with Gasteiger partial charge < -0.3 is 10.6 Å². The van der Waals surface area contributed by atoms with Gasteiger partial charge in [0.25, 0.3) is 0 Å². The normalized spacial score (nSPS) is 10.2. The number of thioether (sulfide) groups is 1. The second kappa shape index (κ2) is 8.53. The molecule has 0 atom stereocenters. The van der Waals surface area contributed by atoms with Crippen LogP contribution in [0.5, 0.6) is 0 Å². The minimum absolute atomic E-state index is 0.473. The fourth-order valence-corrected chi connectivity index (χ4v) is 3.46. The van der Waals surface area contributed by atoms with E-state index in [9.17, 15) is 5.26 Å². The average molecular weight is 351 g/mol. The Morgan fingerprint density at radius 1 is 1.28 bits per heavy atom. The van der Waals surface area contributed by atoms with Crippen molar-refractivity contribution in [2.45, 2.75) is 30.7 Å². The molecule has 0 aliphatic rings. The summed E-state index contributed by atoms with van der Waals surface area (Å²) in [5.74, 6) is 1.33. The number of anilines is 1. The lowest BCUT2D eigenvalue weighted by Crippen LogP contribution is -2.13. The molecular formula is C19H21N5S. The van der Waals surface area contributed by atoms with E-state index in [2.05, 4.69) is 15.9 Å². The predicted octanol–water partition coefficient (Wildman–Crippen LogP) is 3.88. The van der Waals surface area contributed by atoms with Crippen LogP contribution in [0, 0.1) is 17.9 Å². The molecule has 0 radical (unpaired) electrons. The molecule has 0 amide bonds. The van der Waals surface area contributed by atoms with Gasteiger partial charge in [-0.05, 0) is 23.1 Å². The van der Waals surface area contributed by atoms with E-state index >= 15 is 0 Å². The first-order chi connectivity index (χ1) is 12.0. The molecule has 0 bridgehead atoms. The Balaban J connectivity index is 2.40. The molecule has 0 aliphatic heterocycles. The third kappa shape index (κ3) is 4.11. The van der Waals surface area contributed by atoms with Gasteiger partial charge in [-0.25, -0.2) is 9.83 Å². The van der Waals surface area contributed by atoms with E-state index in [-0.39, 0.29) is 0 Å². The molecule has 0 aliphatic carbocycles. The first-order valence-electron chi connectivity index (χ1n) is 7.98. The van der Waals surface area contributed by atoms with Crippen LogP contribution < -0.4 is 10.6 Å². The molecule has 1 aromatic carbocycles. The molecule has 128 valence electrons. The van der Waals surface area contributed by atoms with E-state index in [1.807, 2.05) is 50.2 Å². The highest BCUT2D eigenvalue weighted by molar-refractivity contribution is 7.98. The molecule has 0 fully saturated rings. The Labute approximate surface area is 153 Å². The van der Waals surface area contributed by atoms with Crippen LogP contribution in [0.25, 0.3) is 4.85 Å². The molecule has 2 aromatic rings. The van der Waals surface area contributed by atoms with Crippen LogP contribution in [-0.2, 0) is 18.7 Å². The van der Waals surface area contributed by atoms with Crippen molar-refractivity contribution < 1.29 is 0 Å². The number of nitrogens with zero attached hydrogens (tertiary/aromatic N) is 4. The average Bonchev–Trinajstić information content (AvgIpc) is 2.64. The predicted molar refractivity (Wildman–Crippen MR) is 103 cm³/mol. The summed E-state index contributed by atoms with van der Waals surface area (Å²) in [7, 11) is 3.73. The minimum atomic E-state index is 0.473. The largest absolute Gasteiger partial charge is 0.371 e. The first-order valence-corrected chi connectivity index (χ1v) is 8.96. The number of benzene rings is 1. The summed E-state index contributed by atoms with van der Waals surface area (Å²) in [5.41, 5.74) is 9.63. The molecule has 1 aromatic heterocycles. The van der Waals surface area contributed by atoms with Gasteiger partial charge in [0.2, 0.25) is 5.69 Å². The van der Waals surface area contributed by atoms with Gasteiger partial charge in [0.1, 0.15) is 16.9 Å². The molecule has 5 nitrogen and oxygen atoms in total. The van der Waals surface area contributed by atoms with Crippen molar-refractivity contribution in [3.63, 3.8) is 0 Å². The molecule has 6 heteroatoms. The number of hydrogen-bond acceptors (Lipinski definition) is 5. The van der Waals surface area contributed by atoms with E-state index in [0.29, 0.717) is 40.8 Å². The molecular weight excluding hydrogens is 330 g/mol. The van der Waals surface area contributed by atoms with Gasteiger partial charge in [0.15, 0.2) is 0 Å². The van der Waals surface area contributed by atoms with Crippen molar-refractivity contribution in [1.29, 1.82) is 5.26 Å². The number of rotatable bonds is 6. The molecule has 2 N–H and O–H groups in total. The standard InChI is InChI=1S/C19H21N5S/c1-5-15-16(11-21)19(23-18(24(3)4)17(15)22-2)25-12-14-8-6-13(10-20)7-9-14/h6-9H,5,10,12,20H2,1,3-4H3. The van der Waals surface area contributed by atoms with E-state index in [0.717, 1.165) is 16.7 Å². The van der Waals surface area contributed by atoms with Crippen LogP contribution in [0.1, 0.15) is 29.2 Å². The van der Waals surface area contributed by atoms with Gasteiger partial charge >= 0.3 is 0 Å². The SMILES string of the molecule is [C-]#[N+]c1c(N(C)C)nc(SCc2ccc(CN)cc2)c(C#N)c1CC. The summed E-state index contributed by atoms with van der Waals surface area (Å²) < 4.78 is 0. The Morgan fingerprint density at radius 3 is 2.40 bits per heavy atom. The van der Waals surface area contributed by atoms with Crippen LogP contribution in [0.4, 0.5) is 11.5 Å². The lowest BCUT2D eigenvalue weighted by atomic mass is 10.1. The zero-order chi connectivity index (χ0) is 18.4. The molecule has 2 rings (SSSR count). The Bertz CT molecular complexity index is 829. The fourth-order valence-electron chi connectivity index (χ4n) is 2.50. The second-order valence-electron chi connectivity index (χ2n) is 5.72. The Kier molecular flexibility index (Phi) is 6.41. The summed E-state index contributed by atoms with van der Waals surface area (Å²) in [6, 6.07) is 10.4. The molecule has 25 heavy (non-hydrogen) atoms. The third-order valence-corrected chi connectivity index (χ3v) is 4.90. The number of nitrogens with two attached hydrogens (primary N) is 1. The zero-order valence-corrected chi connectivity index (χ0v) is 15.5. The van der Waals surface area contributed by atoms with Crippen LogP contribution in [0.15, 0.2) is 29.3 Å². The molecule has 1 heterocycles. The van der Waals surface area contributed by atoms with Crippen LogP contribution in [0.3, 0.4) is 0 Å². The highest BCUT2D eigenvalue weighted by Gasteiger charge is 2.20. The lowest BCUT2D eigenvalue weighted by Gasteiger charge is -2.18. The van der Waals surface area contributed by atoms with Crippen molar-refractivity contribution in [1.82, 2.24) is 4.98 Å². The van der Waals surface area contributed by atoms with Crippen LogP contribution in [-0.4, -0.2) is 19.1 Å². The first kappa shape index (κ1) is 18.8. The number of pyridine rings is 1. The van der Waals surface area contributed by atoms with E-state index in [4.69, 9.17) is 12.3 Å². The summed E-state index contributed by atoms with van der Waals surface area (Å²) in [6.45, 7) is 9.96.